The molecule has 5 rings (SSSR count). The van der Waals surface area contributed by atoms with Crippen molar-refractivity contribution >= 4 is 34.6 Å². The van der Waals surface area contributed by atoms with Gasteiger partial charge in [-0.1, -0.05) is 17.7 Å². The van der Waals surface area contributed by atoms with E-state index in [2.05, 4.69) is 11.9 Å². The van der Waals surface area contributed by atoms with E-state index in [4.69, 9.17) is 16.6 Å². The Morgan fingerprint density at radius 1 is 1.10 bits per heavy atom. The summed E-state index contributed by atoms with van der Waals surface area (Å²) in [6.45, 7) is 2.92. The lowest BCUT2D eigenvalue weighted by Gasteiger charge is -2.39. The maximum absolute atomic E-state index is 14.9. The number of likely N-dealkylation sites (tertiary alicyclic amines) is 1. The van der Waals surface area contributed by atoms with Crippen LogP contribution in [0.1, 0.15) is 31.2 Å². The van der Waals surface area contributed by atoms with E-state index in [1.54, 1.807) is 17.7 Å². The van der Waals surface area contributed by atoms with Crippen molar-refractivity contribution in [3.8, 4) is 0 Å². The Balaban J connectivity index is 1.53. The molecule has 0 radical (unpaired) electrons. The highest BCUT2D eigenvalue weighted by Gasteiger charge is 2.34. The number of benzene rings is 1. The Labute approximate surface area is 231 Å². The first-order valence-electron chi connectivity index (χ1n) is 13.4. The summed E-state index contributed by atoms with van der Waals surface area (Å²) in [4.78, 5) is 50.5. The van der Waals surface area contributed by atoms with Gasteiger partial charge in [0.05, 0.1) is 12.5 Å². The van der Waals surface area contributed by atoms with Gasteiger partial charge in [-0.05, 0) is 58.0 Å². The second kappa shape index (κ2) is 10.8. The first kappa shape index (κ1) is 27.4. The first-order valence-corrected chi connectivity index (χ1v) is 13.8. The predicted octanol–water partition coefficient (Wildman–Crippen LogP) is 2.04. The molecule has 2 fully saturated rings. The van der Waals surface area contributed by atoms with Gasteiger partial charge >= 0.3 is 5.69 Å². The average molecular weight is 560 g/mol. The molecule has 2 saturated heterocycles. The molecule has 2 aliphatic rings. The summed E-state index contributed by atoms with van der Waals surface area (Å²) in [6, 6.07) is 4.66. The molecule has 3 aromatic rings. The van der Waals surface area contributed by atoms with Crippen molar-refractivity contribution in [1.29, 1.82) is 0 Å². The van der Waals surface area contributed by atoms with Crippen LogP contribution in [0.4, 0.5) is 10.3 Å². The Morgan fingerprint density at radius 2 is 1.82 bits per heavy atom. The lowest BCUT2D eigenvalue weighted by molar-refractivity contribution is -0.137. The van der Waals surface area contributed by atoms with Gasteiger partial charge in [0.1, 0.15) is 5.82 Å². The summed E-state index contributed by atoms with van der Waals surface area (Å²) in [5.41, 5.74) is -0.402. The lowest BCUT2D eigenvalue weighted by atomic mass is 9.95. The van der Waals surface area contributed by atoms with Crippen LogP contribution in [0.3, 0.4) is 0 Å². The molecule has 2 aromatic heterocycles. The van der Waals surface area contributed by atoms with Crippen LogP contribution >= 0.6 is 11.6 Å². The molecule has 1 amide bonds. The third-order valence-electron chi connectivity index (χ3n) is 8.34. The molecular formula is C27H35ClFN7O3. The number of rotatable bonds is 5. The summed E-state index contributed by atoms with van der Waals surface area (Å²) in [6.07, 6.45) is 3.42. The molecule has 12 heteroatoms. The number of aryl methyl sites for hydroxylation is 1. The van der Waals surface area contributed by atoms with Crippen molar-refractivity contribution in [1.82, 2.24) is 28.5 Å². The normalized spacial score (nSPS) is 19.1. The minimum Gasteiger partial charge on any atom is -0.342 e. The van der Waals surface area contributed by atoms with Crippen molar-refractivity contribution in [2.24, 2.45) is 20.0 Å². The molecule has 210 valence electrons. The second-order valence-electron chi connectivity index (χ2n) is 10.8. The van der Waals surface area contributed by atoms with Crippen molar-refractivity contribution in [2.45, 2.75) is 38.3 Å². The number of amides is 1. The van der Waals surface area contributed by atoms with Crippen LogP contribution in [-0.2, 0) is 25.4 Å². The summed E-state index contributed by atoms with van der Waals surface area (Å²) < 4.78 is 18.8. The number of imidazole rings is 1. The summed E-state index contributed by atoms with van der Waals surface area (Å²) >= 11 is 6.37. The number of carbonyl (C=O) groups excluding carboxylic acids is 1. The highest BCUT2D eigenvalue weighted by atomic mass is 35.5. The third kappa shape index (κ3) is 4.98. The zero-order valence-electron chi connectivity index (χ0n) is 22.9. The molecule has 1 aromatic carbocycles. The Morgan fingerprint density at radius 3 is 2.51 bits per heavy atom. The van der Waals surface area contributed by atoms with E-state index < -0.39 is 17.1 Å². The molecule has 0 bridgehead atoms. The molecule has 2 aliphatic heterocycles. The molecule has 0 aliphatic carbocycles. The van der Waals surface area contributed by atoms with Crippen molar-refractivity contribution in [3.05, 3.63) is 55.4 Å². The van der Waals surface area contributed by atoms with Gasteiger partial charge in [0.15, 0.2) is 11.2 Å². The maximum atomic E-state index is 14.9. The smallest absolute Gasteiger partial charge is 0.332 e. The van der Waals surface area contributed by atoms with E-state index in [1.165, 1.54) is 23.7 Å². The Kier molecular flexibility index (Phi) is 7.56. The predicted molar refractivity (Wildman–Crippen MR) is 149 cm³/mol. The van der Waals surface area contributed by atoms with E-state index in [0.29, 0.717) is 19.0 Å². The summed E-state index contributed by atoms with van der Waals surface area (Å²) in [5.74, 6) is -0.205. The third-order valence-corrected chi connectivity index (χ3v) is 8.70. The summed E-state index contributed by atoms with van der Waals surface area (Å²) in [5, 5.41) is 0.232. The first-order chi connectivity index (χ1) is 18.6. The van der Waals surface area contributed by atoms with Gasteiger partial charge in [-0.2, -0.15) is 4.98 Å². The minimum absolute atomic E-state index is 0.0462. The quantitative estimate of drug-likeness (QED) is 0.475. The molecule has 1 unspecified atom stereocenters. The number of piperidine rings is 2. The topological polar surface area (TPSA) is 88.6 Å². The van der Waals surface area contributed by atoms with Crippen LogP contribution in [0, 0.1) is 11.7 Å². The number of hydrogen-bond acceptors (Lipinski definition) is 6. The van der Waals surface area contributed by atoms with Gasteiger partial charge in [0, 0.05) is 50.9 Å². The highest BCUT2D eigenvalue weighted by molar-refractivity contribution is 6.31. The van der Waals surface area contributed by atoms with Crippen molar-refractivity contribution < 1.29 is 9.18 Å². The molecule has 10 nitrogen and oxygen atoms in total. The van der Waals surface area contributed by atoms with Gasteiger partial charge in [0.2, 0.25) is 11.9 Å². The Hall–Kier alpha value is -3.18. The van der Waals surface area contributed by atoms with Gasteiger partial charge in [-0.15, -0.1) is 0 Å². The number of nitrogens with zero attached hydrogens (tertiary/aromatic N) is 7. The van der Waals surface area contributed by atoms with Gasteiger partial charge in [-0.3, -0.25) is 23.3 Å². The maximum Gasteiger partial charge on any atom is 0.332 e. The average Bonchev–Trinajstić information content (AvgIpc) is 3.32. The van der Waals surface area contributed by atoms with Crippen LogP contribution in [0.2, 0.25) is 5.02 Å². The SMILES string of the molecule is CN1CCC(N(C)C(=O)C2CCCN(c3nc4c(c(=O)n(C)c(=O)n4C)n3Cc3c(F)cccc3Cl)C2)CC1. The van der Waals surface area contributed by atoms with Crippen molar-refractivity contribution in [2.75, 3.05) is 45.2 Å². The fraction of sp³-hybridized carbons (Fsp3) is 0.556. The Bertz CT molecular complexity index is 1500. The number of hydrogen-bond donors (Lipinski definition) is 0. The molecule has 1 atom stereocenters. The number of carbonyl (C=O) groups is 1. The van der Waals surface area contributed by atoms with E-state index in [9.17, 15) is 18.8 Å². The van der Waals surface area contributed by atoms with Crippen LogP contribution < -0.4 is 16.1 Å². The molecule has 39 heavy (non-hydrogen) atoms. The van der Waals surface area contributed by atoms with Crippen LogP contribution in [0.15, 0.2) is 27.8 Å². The fourth-order valence-electron chi connectivity index (χ4n) is 5.88. The van der Waals surface area contributed by atoms with Crippen LogP contribution in [-0.4, -0.2) is 80.7 Å². The van der Waals surface area contributed by atoms with Gasteiger partial charge in [-0.25, -0.2) is 9.18 Å². The largest absolute Gasteiger partial charge is 0.342 e. The molecule has 0 N–H and O–H groups in total. The van der Waals surface area contributed by atoms with E-state index in [0.717, 1.165) is 43.3 Å². The monoisotopic (exact) mass is 559 g/mol. The minimum atomic E-state index is -0.522. The molecule has 0 spiro atoms. The standard InChI is InChI=1S/C27H35ClFN7O3/c1-31-13-10-18(11-14-31)32(2)24(37)17-7-6-12-35(15-17)26-30-23-22(25(38)34(4)27(39)33(23)3)36(26)16-19-20(28)8-5-9-21(19)29/h5,8-9,17-18H,6-7,10-16H2,1-4H3. The number of halogens is 2. The fourth-order valence-corrected chi connectivity index (χ4v) is 6.10. The van der Waals surface area contributed by atoms with Gasteiger partial charge in [0.25, 0.3) is 5.56 Å². The van der Waals surface area contributed by atoms with Crippen LogP contribution in [0.5, 0.6) is 0 Å². The van der Waals surface area contributed by atoms with Crippen molar-refractivity contribution in [3.63, 3.8) is 0 Å². The zero-order chi connectivity index (χ0) is 28.0. The lowest BCUT2D eigenvalue weighted by Crippen LogP contribution is -2.50. The number of aromatic nitrogens is 4. The highest BCUT2D eigenvalue weighted by Crippen LogP contribution is 2.30. The van der Waals surface area contributed by atoms with E-state index in [-0.39, 0.29) is 46.2 Å². The van der Waals surface area contributed by atoms with Crippen LogP contribution in [0.25, 0.3) is 11.2 Å². The second-order valence-corrected chi connectivity index (χ2v) is 11.3. The molecular weight excluding hydrogens is 525 g/mol. The summed E-state index contributed by atoms with van der Waals surface area (Å²) in [7, 11) is 6.96. The van der Waals surface area contributed by atoms with E-state index >= 15 is 0 Å². The molecule has 0 saturated carbocycles. The number of fused-ring (bicyclic) bond motifs is 1. The molecule has 4 heterocycles. The zero-order valence-corrected chi connectivity index (χ0v) is 23.6. The van der Waals surface area contributed by atoms with Gasteiger partial charge < -0.3 is 14.7 Å². The van der Waals surface area contributed by atoms with E-state index in [1.807, 2.05) is 16.8 Å². The number of anilines is 1.